The SMILES string of the molecule is N#Cc1ccccc1COc1ccc(/C=N\NC(=O)c2ccc(Cl)c(Cl)c2)cc1Br. The summed E-state index contributed by atoms with van der Waals surface area (Å²) in [5.74, 6) is 0.222. The summed E-state index contributed by atoms with van der Waals surface area (Å²) in [6.07, 6.45) is 1.51. The zero-order chi connectivity index (χ0) is 21.5. The molecule has 0 heterocycles. The van der Waals surface area contributed by atoms with Crippen molar-refractivity contribution < 1.29 is 9.53 Å². The van der Waals surface area contributed by atoms with Gasteiger partial charge in [0.1, 0.15) is 12.4 Å². The lowest BCUT2D eigenvalue weighted by molar-refractivity contribution is 0.0955. The minimum absolute atomic E-state index is 0.273. The maximum atomic E-state index is 12.1. The zero-order valence-corrected chi connectivity index (χ0v) is 18.5. The summed E-state index contributed by atoms with van der Waals surface area (Å²) in [7, 11) is 0. The van der Waals surface area contributed by atoms with Crippen molar-refractivity contribution in [3.63, 3.8) is 0 Å². The monoisotopic (exact) mass is 501 g/mol. The summed E-state index contributed by atoms with van der Waals surface area (Å²) in [4.78, 5) is 12.1. The van der Waals surface area contributed by atoms with E-state index < -0.39 is 5.91 Å². The Balaban J connectivity index is 1.61. The van der Waals surface area contributed by atoms with Crippen LogP contribution in [0.15, 0.2) is 70.2 Å². The van der Waals surface area contributed by atoms with Crippen LogP contribution in [0.3, 0.4) is 0 Å². The van der Waals surface area contributed by atoms with Gasteiger partial charge in [-0.25, -0.2) is 5.43 Å². The highest BCUT2D eigenvalue weighted by molar-refractivity contribution is 9.10. The minimum Gasteiger partial charge on any atom is -0.488 e. The van der Waals surface area contributed by atoms with Gasteiger partial charge in [-0.3, -0.25) is 4.79 Å². The standard InChI is InChI=1S/C22H14BrCl2N3O2/c23-18-9-14(12-27-28-22(29)15-6-7-19(24)20(25)10-15)5-8-21(18)30-13-17-4-2-1-3-16(17)11-26/h1-10,12H,13H2,(H,28,29)/b27-12-. The molecule has 5 nitrogen and oxygen atoms in total. The lowest BCUT2D eigenvalue weighted by atomic mass is 10.1. The Morgan fingerprint density at radius 3 is 2.67 bits per heavy atom. The van der Waals surface area contributed by atoms with Crippen molar-refractivity contribution in [3.8, 4) is 11.8 Å². The third kappa shape index (κ3) is 5.61. The Morgan fingerprint density at radius 2 is 1.93 bits per heavy atom. The van der Waals surface area contributed by atoms with Gasteiger partial charge in [-0.15, -0.1) is 0 Å². The number of benzene rings is 3. The molecule has 0 bridgehead atoms. The predicted molar refractivity (Wildman–Crippen MR) is 121 cm³/mol. The number of hydrazone groups is 1. The van der Waals surface area contributed by atoms with E-state index in [2.05, 4.69) is 32.5 Å². The van der Waals surface area contributed by atoms with E-state index in [0.29, 0.717) is 26.9 Å². The Bertz CT molecular complexity index is 1160. The number of carbonyl (C=O) groups is 1. The number of amides is 1. The van der Waals surface area contributed by atoms with Crippen molar-refractivity contribution in [2.24, 2.45) is 5.10 Å². The number of halogens is 3. The van der Waals surface area contributed by atoms with E-state index in [1.165, 1.54) is 12.3 Å². The van der Waals surface area contributed by atoms with Crippen molar-refractivity contribution in [1.82, 2.24) is 5.43 Å². The second kappa shape index (κ2) is 10.3. The Labute approximate surface area is 192 Å². The molecule has 0 aromatic heterocycles. The van der Waals surface area contributed by atoms with Crippen molar-refractivity contribution in [2.75, 3.05) is 0 Å². The number of nitrogens with one attached hydrogen (secondary N) is 1. The first-order valence-corrected chi connectivity index (χ1v) is 10.2. The van der Waals surface area contributed by atoms with Crippen LogP contribution in [0, 0.1) is 11.3 Å². The predicted octanol–water partition coefficient (Wildman–Crippen LogP) is 5.97. The van der Waals surface area contributed by atoms with Crippen LogP contribution in [0.25, 0.3) is 0 Å². The molecule has 30 heavy (non-hydrogen) atoms. The highest BCUT2D eigenvalue weighted by atomic mass is 79.9. The summed E-state index contributed by atoms with van der Waals surface area (Å²) >= 11 is 15.2. The summed E-state index contributed by atoms with van der Waals surface area (Å²) in [5, 5.41) is 13.8. The molecule has 1 amide bonds. The fourth-order valence-electron chi connectivity index (χ4n) is 2.49. The first-order valence-electron chi connectivity index (χ1n) is 8.66. The summed E-state index contributed by atoms with van der Waals surface area (Å²) < 4.78 is 6.53. The Morgan fingerprint density at radius 1 is 1.13 bits per heavy atom. The topological polar surface area (TPSA) is 74.5 Å². The fourth-order valence-corrected chi connectivity index (χ4v) is 3.30. The van der Waals surface area contributed by atoms with E-state index in [1.54, 1.807) is 36.4 Å². The van der Waals surface area contributed by atoms with Gasteiger partial charge in [-0.2, -0.15) is 10.4 Å². The van der Waals surface area contributed by atoms with Crippen LogP contribution >= 0.6 is 39.1 Å². The highest BCUT2D eigenvalue weighted by Crippen LogP contribution is 2.27. The Hall–Kier alpha value is -2.85. The summed E-state index contributed by atoms with van der Waals surface area (Å²) in [6.45, 7) is 0.273. The third-order valence-electron chi connectivity index (χ3n) is 4.04. The lowest BCUT2D eigenvalue weighted by Gasteiger charge is -2.10. The molecule has 0 spiro atoms. The van der Waals surface area contributed by atoms with Crippen molar-refractivity contribution in [3.05, 3.63) is 97.4 Å². The number of nitrogens with zero attached hydrogens (tertiary/aromatic N) is 2. The van der Waals surface area contributed by atoms with Gasteiger partial charge < -0.3 is 4.74 Å². The average Bonchev–Trinajstić information content (AvgIpc) is 2.75. The molecule has 1 N–H and O–H groups in total. The van der Waals surface area contributed by atoms with E-state index in [4.69, 9.17) is 33.2 Å². The number of hydrogen-bond donors (Lipinski definition) is 1. The number of nitriles is 1. The molecule has 0 aliphatic rings. The largest absolute Gasteiger partial charge is 0.488 e. The molecule has 3 aromatic rings. The average molecular weight is 503 g/mol. The van der Waals surface area contributed by atoms with Crippen molar-refractivity contribution in [2.45, 2.75) is 6.61 Å². The van der Waals surface area contributed by atoms with Gasteiger partial charge in [0.2, 0.25) is 0 Å². The van der Waals surface area contributed by atoms with Crippen molar-refractivity contribution >= 4 is 51.3 Å². The molecule has 0 saturated carbocycles. The lowest BCUT2D eigenvalue weighted by Crippen LogP contribution is -2.17. The van der Waals surface area contributed by atoms with E-state index in [-0.39, 0.29) is 6.61 Å². The molecule has 0 saturated heterocycles. The van der Waals surface area contributed by atoms with Gasteiger partial charge in [-0.05, 0) is 64.0 Å². The van der Waals surface area contributed by atoms with E-state index >= 15 is 0 Å². The molecular weight excluding hydrogens is 489 g/mol. The second-order valence-electron chi connectivity index (χ2n) is 6.08. The van der Waals surface area contributed by atoms with E-state index in [0.717, 1.165) is 15.6 Å². The van der Waals surface area contributed by atoms with Gasteiger partial charge in [0.05, 0.1) is 32.4 Å². The first-order chi connectivity index (χ1) is 14.5. The quantitative estimate of drug-likeness (QED) is 0.333. The maximum Gasteiger partial charge on any atom is 0.271 e. The molecule has 0 fully saturated rings. The highest BCUT2D eigenvalue weighted by Gasteiger charge is 2.08. The summed E-state index contributed by atoms with van der Waals surface area (Å²) in [6, 6.07) is 19.4. The second-order valence-corrected chi connectivity index (χ2v) is 7.74. The van der Waals surface area contributed by atoms with Crippen molar-refractivity contribution in [1.29, 1.82) is 5.26 Å². The van der Waals surface area contributed by atoms with Crippen LogP contribution in [0.4, 0.5) is 0 Å². The van der Waals surface area contributed by atoms with Crippen LogP contribution in [0.5, 0.6) is 5.75 Å². The van der Waals surface area contributed by atoms with Crippen LogP contribution in [-0.4, -0.2) is 12.1 Å². The molecule has 0 atom stereocenters. The van der Waals surface area contributed by atoms with Crippen LogP contribution < -0.4 is 10.2 Å². The molecular formula is C22H14BrCl2N3O2. The normalized spacial score (nSPS) is 10.6. The van der Waals surface area contributed by atoms with E-state index in [1.807, 2.05) is 18.2 Å². The van der Waals surface area contributed by atoms with Gasteiger partial charge in [0.25, 0.3) is 5.91 Å². The number of ether oxygens (including phenoxy) is 1. The molecule has 3 aromatic carbocycles. The van der Waals surface area contributed by atoms with E-state index in [9.17, 15) is 4.79 Å². The third-order valence-corrected chi connectivity index (χ3v) is 5.40. The summed E-state index contributed by atoms with van der Waals surface area (Å²) in [5.41, 5.74) is 4.93. The molecule has 0 aliphatic carbocycles. The molecule has 150 valence electrons. The molecule has 0 radical (unpaired) electrons. The molecule has 3 rings (SSSR count). The van der Waals surface area contributed by atoms with Crippen LogP contribution in [0.2, 0.25) is 10.0 Å². The molecule has 0 aliphatic heterocycles. The number of rotatable bonds is 6. The van der Waals surface area contributed by atoms with Gasteiger partial charge >= 0.3 is 0 Å². The van der Waals surface area contributed by atoms with Gasteiger partial charge in [-0.1, -0.05) is 41.4 Å². The minimum atomic E-state index is -0.403. The maximum absolute atomic E-state index is 12.1. The smallest absolute Gasteiger partial charge is 0.271 e. The fraction of sp³-hybridized carbons (Fsp3) is 0.0455. The van der Waals surface area contributed by atoms with Gasteiger partial charge in [0, 0.05) is 11.1 Å². The molecule has 8 heteroatoms. The number of hydrogen-bond acceptors (Lipinski definition) is 4. The molecule has 0 unspecified atom stereocenters. The number of carbonyl (C=O) groups excluding carboxylic acids is 1. The van der Waals surface area contributed by atoms with Crippen LogP contribution in [-0.2, 0) is 6.61 Å². The first kappa shape index (κ1) is 21.8. The van der Waals surface area contributed by atoms with Crippen LogP contribution in [0.1, 0.15) is 27.0 Å². The van der Waals surface area contributed by atoms with Gasteiger partial charge in [0.15, 0.2) is 0 Å². The Kier molecular flexibility index (Phi) is 7.47. The zero-order valence-electron chi connectivity index (χ0n) is 15.4.